The largest absolute Gasteiger partial charge is 0.479 e. The van der Waals surface area contributed by atoms with Crippen molar-refractivity contribution in [3.05, 3.63) is 53.3 Å². The standard InChI is InChI=1S/C23H27FN2O3/c1-14-10-19-20(11-18(14)25-21(27)12-23(3,4)5)29-15(2)22(28)26(19)13-16-6-8-17(24)9-7-16/h6-11,15H,12-13H2,1-5H3,(H,25,27). The maximum Gasteiger partial charge on any atom is 0.268 e. The highest BCUT2D eigenvalue weighted by molar-refractivity contribution is 6.01. The van der Waals surface area contributed by atoms with Crippen LogP contribution in [0.25, 0.3) is 0 Å². The van der Waals surface area contributed by atoms with Gasteiger partial charge in [0.25, 0.3) is 5.91 Å². The third-order valence-electron chi connectivity index (χ3n) is 4.73. The maximum absolute atomic E-state index is 13.2. The molecule has 5 nitrogen and oxygen atoms in total. The molecule has 1 N–H and O–H groups in total. The molecule has 6 heteroatoms. The topological polar surface area (TPSA) is 58.6 Å². The molecule has 3 rings (SSSR count). The third-order valence-corrected chi connectivity index (χ3v) is 4.73. The first-order chi connectivity index (χ1) is 13.5. The number of nitrogens with one attached hydrogen (secondary N) is 1. The number of carbonyl (C=O) groups excluding carboxylic acids is 2. The second-order valence-electron chi connectivity index (χ2n) is 8.73. The van der Waals surface area contributed by atoms with Crippen molar-refractivity contribution in [3.63, 3.8) is 0 Å². The van der Waals surface area contributed by atoms with Crippen molar-refractivity contribution in [1.29, 1.82) is 0 Å². The van der Waals surface area contributed by atoms with Crippen molar-refractivity contribution in [2.75, 3.05) is 10.2 Å². The quantitative estimate of drug-likeness (QED) is 0.803. The normalized spacial score (nSPS) is 16.3. The van der Waals surface area contributed by atoms with E-state index in [-0.39, 0.29) is 23.0 Å². The van der Waals surface area contributed by atoms with Gasteiger partial charge in [-0.2, -0.15) is 0 Å². The fourth-order valence-electron chi connectivity index (χ4n) is 3.30. The zero-order valence-corrected chi connectivity index (χ0v) is 17.5. The Morgan fingerprint density at radius 3 is 2.48 bits per heavy atom. The average Bonchev–Trinajstić information content (AvgIpc) is 2.60. The molecule has 1 atom stereocenters. The summed E-state index contributed by atoms with van der Waals surface area (Å²) in [4.78, 5) is 26.7. The van der Waals surface area contributed by atoms with E-state index in [1.807, 2.05) is 33.8 Å². The van der Waals surface area contributed by atoms with Crippen LogP contribution < -0.4 is 15.0 Å². The molecule has 2 aromatic carbocycles. The number of halogens is 1. The summed E-state index contributed by atoms with van der Waals surface area (Å²) in [6.45, 7) is 9.92. The van der Waals surface area contributed by atoms with Gasteiger partial charge >= 0.3 is 0 Å². The van der Waals surface area contributed by atoms with Crippen LogP contribution in [0.1, 0.15) is 45.2 Å². The lowest BCUT2D eigenvalue weighted by atomic mass is 9.92. The lowest BCUT2D eigenvalue weighted by Gasteiger charge is -2.34. The van der Waals surface area contributed by atoms with E-state index in [1.165, 1.54) is 12.1 Å². The van der Waals surface area contributed by atoms with E-state index in [0.717, 1.165) is 11.1 Å². The summed E-state index contributed by atoms with van der Waals surface area (Å²) in [5.74, 6) is -0.00688. The molecule has 1 unspecified atom stereocenters. The molecule has 0 spiro atoms. The number of rotatable bonds is 4. The molecule has 2 aromatic rings. The summed E-state index contributed by atoms with van der Waals surface area (Å²) in [6, 6.07) is 9.70. The molecular weight excluding hydrogens is 371 g/mol. The Morgan fingerprint density at radius 2 is 1.86 bits per heavy atom. The lowest BCUT2D eigenvalue weighted by Crippen LogP contribution is -2.44. The van der Waals surface area contributed by atoms with Gasteiger partial charge in [-0.3, -0.25) is 9.59 Å². The zero-order valence-electron chi connectivity index (χ0n) is 17.5. The van der Waals surface area contributed by atoms with E-state index < -0.39 is 6.10 Å². The van der Waals surface area contributed by atoms with E-state index in [1.54, 1.807) is 30.0 Å². The number of ether oxygens (including phenoxy) is 1. The zero-order chi connectivity index (χ0) is 21.3. The molecule has 0 saturated heterocycles. The van der Waals surface area contributed by atoms with Gasteiger partial charge in [-0.25, -0.2) is 4.39 Å². The summed E-state index contributed by atoms with van der Waals surface area (Å²) < 4.78 is 19.0. The second-order valence-corrected chi connectivity index (χ2v) is 8.73. The van der Waals surface area contributed by atoms with Crippen molar-refractivity contribution < 1.29 is 18.7 Å². The molecule has 0 aromatic heterocycles. The molecule has 0 aliphatic carbocycles. The van der Waals surface area contributed by atoms with Crippen LogP contribution in [-0.2, 0) is 16.1 Å². The number of benzene rings is 2. The minimum Gasteiger partial charge on any atom is -0.479 e. The molecule has 1 aliphatic heterocycles. The summed E-state index contributed by atoms with van der Waals surface area (Å²) >= 11 is 0. The van der Waals surface area contributed by atoms with Gasteiger partial charge < -0.3 is 15.0 Å². The van der Waals surface area contributed by atoms with Crippen molar-refractivity contribution in [3.8, 4) is 5.75 Å². The van der Waals surface area contributed by atoms with Crippen molar-refractivity contribution in [2.24, 2.45) is 5.41 Å². The second kappa shape index (κ2) is 7.85. The Bertz CT molecular complexity index is 932. The molecule has 0 radical (unpaired) electrons. The first-order valence-corrected chi connectivity index (χ1v) is 9.70. The van der Waals surface area contributed by atoms with E-state index in [9.17, 15) is 14.0 Å². The number of anilines is 2. The van der Waals surface area contributed by atoms with Crippen molar-refractivity contribution in [2.45, 2.75) is 53.7 Å². The number of carbonyl (C=O) groups is 2. The number of aryl methyl sites for hydroxylation is 1. The van der Waals surface area contributed by atoms with E-state index in [0.29, 0.717) is 30.1 Å². The van der Waals surface area contributed by atoms with Gasteiger partial charge in [0, 0.05) is 18.2 Å². The van der Waals surface area contributed by atoms with E-state index >= 15 is 0 Å². The van der Waals surface area contributed by atoms with Gasteiger partial charge in [-0.05, 0) is 48.6 Å². The molecule has 0 fully saturated rings. The SMILES string of the molecule is Cc1cc2c(cc1NC(=O)CC(C)(C)C)OC(C)C(=O)N2Cc1ccc(F)cc1. The molecule has 2 amide bonds. The van der Waals surface area contributed by atoms with Crippen LogP contribution in [-0.4, -0.2) is 17.9 Å². The number of fused-ring (bicyclic) bond motifs is 1. The third kappa shape index (κ3) is 4.94. The average molecular weight is 398 g/mol. The van der Waals surface area contributed by atoms with Crippen molar-refractivity contribution >= 4 is 23.2 Å². The Morgan fingerprint density at radius 1 is 1.21 bits per heavy atom. The van der Waals surface area contributed by atoms with Crippen LogP contribution in [0.15, 0.2) is 36.4 Å². The molecule has 154 valence electrons. The minimum absolute atomic E-state index is 0.0661. The molecular formula is C23H27FN2O3. The fraction of sp³-hybridized carbons (Fsp3) is 0.391. The van der Waals surface area contributed by atoms with E-state index in [4.69, 9.17) is 4.74 Å². The lowest BCUT2D eigenvalue weighted by molar-refractivity contribution is -0.125. The monoisotopic (exact) mass is 398 g/mol. The smallest absolute Gasteiger partial charge is 0.268 e. The minimum atomic E-state index is -0.649. The Hall–Kier alpha value is -2.89. The molecule has 0 bridgehead atoms. The predicted molar refractivity (Wildman–Crippen MR) is 112 cm³/mol. The van der Waals surface area contributed by atoms with Crippen molar-refractivity contribution in [1.82, 2.24) is 0 Å². The molecule has 1 heterocycles. The Balaban J connectivity index is 1.90. The highest BCUT2D eigenvalue weighted by Gasteiger charge is 2.32. The first kappa shape index (κ1) is 20.8. The Labute approximate surface area is 170 Å². The number of amides is 2. The first-order valence-electron chi connectivity index (χ1n) is 9.70. The molecule has 29 heavy (non-hydrogen) atoms. The highest BCUT2D eigenvalue weighted by Crippen LogP contribution is 2.39. The van der Waals surface area contributed by atoms with Crippen LogP contribution >= 0.6 is 0 Å². The van der Waals surface area contributed by atoms with Crippen LogP contribution in [0, 0.1) is 18.2 Å². The van der Waals surface area contributed by atoms with Gasteiger partial charge in [-0.1, -0.05) is 32.9 Å². The van der Waals surface area contributed by atoms with Gasteiger partial charge in [-0.15, -0.1) is 0 Å². The predicted octanol–water partition coefficient (Wildman–Crippen LogP) is 4.82. The number of hydrogen-bond donors (Lipinski definition) is 1. The van der Waals surface area contributed by atoms with Crippen LogP contribution in [0.3, 0.4) is 0 Å². The van der Waals surface area contributed by atoms with Gasteiger partial charge in [0.15, 0.2) is 6.10 Å². The summed E-state index contributed by atoms with van der Waals surface area (Å²) in [6.07, 6.45) is -0.251. The summed E-state index contributed by atoms with van der Waals surface area (Å²) in [5.41, 5.74) is 2.85. The number of hydrogen-bond acceptors (Lipinski definition) is 3. The van der Waals surface area contributed by atoms with Crippen LogP contribution in [0.5, 0.6) is 5.75 Å². The van der Waals surface area contributed by atoms with Crippen LogP contribution in [0.2, 0.25) is 0 Å². The van der Waals surface area contributed by atoms with Gasteiger partial charge in [0.1, 0.15) is 11.6 Å². The summed E-state index contributed by atoms with van der Waals surface area (Å²) in [7, 11) is 0. The molecule has 1 aliphatic rings. The highest BCUT2D eigenvalue weighted by atomic mass is 19.1. The summed E-state index contributed by atoms with van der Waals surface area (Å²) in [5, 5.41) is 2.95. The van der Waals surface area contributed by atoms with Gasteiger partial charge in [0.05, 0.1) is 12.2 Å². The maximum atomic E-state index is 13.2. The fourth-order valence-corrected chi connectivity index (χ4v) is 3.30. The molecule has 0 saturated carbocycles. The van der Waals surface area contributed by atoms with Gasteiger partial charge in [0.2, 0.25) is 5.91 Å². The Kier molecular flexibility index (Phi) is 5.64. The van der Waals surface area contributed by atoms with Crippen LogP contribution in [0.4, 0.5) is 15.8 Å². The number of nitrogens with zero attached hydrogens (tertiary/aromatic N) is 1. The van der Waals surface area contributed by atoms with E-state index in [2.05, 4.69) is 5.32 Å².